The maximum absolute atomic E-state index is 12.2. The standard InChI is InChI=1S/C17H23N3O2/c1-13-12-19(15-7-5-6-14(10-15)11-18)8-9-20(13)16(21)22-17(2,3)4/h5-7,10,13H,8-9,12H2,1-4H3/t13-/m0/s1. The van der Waals surface area contributed by atoms with Crippen LogP contribution in [-0.4, -0.2) is 42.3 Å². The van der Waals surface area contributed by atoms with E-state index in [4.69, 9.17) is 10.00 Å². The molecule has 0 bridgehead atoms. The molecule has 1 amide bonds. The fourth-order valence-corrected chi connectivity index (χ4v) is 2.56. The molecule has 5 nitrogen and oxygen atoms in total. The molecule has 1 aliphatic rings. The highest BCUT2D eigenvalue weighted by Crippen LogP contribution is 2.21. The molecule has 1 aromatic rings. The highest BCUT2D eigenvalue weighted by molar-refractivity contribution is 5.69. The van der Waals surface area contributed by atoms with Gasteiger partial charge >= 0.3 is 6.09 Å². The van der Waals surface area contributed by atoms with Crippen LogP contribution in [0.1, 0.15) is 33.3 Å². The van der Waals surface area contributed by atoms with Crippen molar-refractivity contribution in [3.63, 3.8) is 0 Å². The van der Waals surface area contributed by atoms with Crippen molar-refractivity contribution in [1.29, 1.82) is 5.26 Å². The summed E-state index contributed by atoms with van der Waals surface area (Å²) in [6.45, 7) is 9.72. The molecule has 0 N–H and O–H groups in total. The summed E-state index contributed by atoms with van der Waals surface area (Å²) in [5.41, 5.74) is 1.20. The van der Waals surface area contributed by atoms with Gasteiger partial charge < -0.3 is 14.5 Å². The minimum absolute atomic E-state index is 0.0642. The molecule has 0 unspecified atom stereocenters. The number of benzene rings is 1. The van der Waals surface area contributed by atoms with Crippen LogP contribution in [0.2, 0.25) is 0 Å². The third-order valence-electron chi connectivity index (χ3n) is 3.60. The first-order valence-corrected chi connectivity index (χ1v) is 7.55. The Bertz CT molecular complexity index is 586. The summed E-state index contributed by atoms with van der Waals surface area (Å²) in [5, 5.41) is 9.00. The predicted octanol–water partition coefficient (Wildman–Crippen LogP) is 3.00. The van der Waals surface area contributed by atoms with Gasteiger partial charge in [-0.05, 0) is 45.9 Å². The van der Waals surface area contributed by atoms with Crippen molar-refractivity contribution in [3.8, 4) is 6.07 Å². The van der Waals surface area contributed by atoms with E-state index < -0.39 is 5.60 Å². The molecule has 1 aliphatic heterocycles. The molecule has 1 saturated heterocycles. The summed E-state index contributed by atoms with van der Waals surface area (Å²) in [6, 6.07) is 9.79. The van der Waals surface area contributed by atoms with E-state index in [-0.39, 0.29) is 12.1 Å². The van der Waals surface area contributed by atoms with Crippen molar-refractivity contribution >= 4 is 11.8 Å². The van der Waals surface area contributed by atoms with Crippen molar-refractivity contribution in [2.45, 2.75) is 39.3 Å². The highest BCUT2D eigenvalue weighted by atomic mass is 16.6. The molecule has 0 saturated carbocycles. The van der Waals surface area contributed by atoms with Crippen LogP contribution in [0.15, 0.2) is 24.3 Å². The van der Waals surface area contributed by atoms with Gasteiger partial charge in [-0.15, -0.1) is 0 Å². The van der Waals surface area contributed by atoms with Crippen molar-refractivity contribution < 1.29 is 9.53 Å². The summed E-state index contributed by atoms with van der Waals surface area (Å²) in [4.78, 5) is 16.2. The second-order valence-corrected chi connectivity index (χ2v) is 6.63. The van der Waals surface area contributed by atoms with Crippen LogP contribution in [0.25, 0.3) is 0 Å². The van der Waals surface area contributed by atoms with E-state index in [1.165, 1.54) is 0 Å². The Balaban J connectivity index is 2.03. The van der Waals surface area contributed by atoms with Gasteiger partial charge in [-0.1, -0.05) is 6.07 Å². The summed E-state index contributed by atoms with van der Waals surface area (Å²) in [5.74, 6) is 0. The molecule has 0 aromatic heterocycles. The van der Waals surface area contributed by atoms with Gasteiger partial charge in [0.2, 0.25) is 0 Å². The lowest BCUT2D eigenvalue weighted by Crippen LogP contribution is -2.55. The van der Waals surface area contributed by atoms with Gasteiger partial charge in [0.15, 0.2) is 0 Å². The Labute approximate surface area is 132 Å². The van der Waals surface area contributed by atoms with Gasteiger partial charge in [-0.2, -0.15) is 5.26 Å². The molecule has 118 valence electrons. The van der Waals surface area contributed by atoms with Crippen molar-refractivity contribution in [3.05, 3.63) is 29.8 Å². The normalized spacial score (nSPS) is 18.8. The number of carbonyl (C=O) groups excluding carboxylic acids is 1. The number of nitriles is 1. The summed E-state index contributed by atoms with van der Waals surface area (Å²) >= 11 is 0. The minimum Gasteiger partial charge on any atom is -0.444 e. The van der Waals surface area contributed by atoms with E-state index in [0.717, 1.165) is 18.8 Å². The van der Waals surface area contributed by atoms with Gasteiger partial charge in [0.25, 0.3) is 0 Å². The fourth-order valence-electron chi connectivity index (χ4n) is 2.56. The van der Waals surface area contributed by atoms with E-state index >= 15 is 0 Å². The molecular weight excluding hydrogens is 278 g/mol. The molecule has 0 radical (unpaired) electrons. The molecule has 1 atom stereocenters. The molecule has 1 aromatic carbocycles. The number of anilines is 1. The van der Waals surface area contributed by atoms with Crippen LogP contribution >= 0.6 is 0 Å². The second-order valence-electron chi connectivity index (χ2n) is 6.63. The highest BCUT2D eigenvalue weighted by Gasteiger charge is 2.30. The van der Waals surface area contributed by atoms with E-state index in [2.05, 4.69) is 11.0 Å². The number of hydrogen-bond donors (Lipinski definition) is 0. The largest absolute Gasteiger partial charge is 0.444 e. The smallest absolute Gasteiger partial charge is 0.410 e. The molecule has 2 rings (SSSR count). The van der Waals surface area contributed by atoms with Crippen LogP contribution in [0.5, 0.6) is 0 Å². The lowest BCUT2D eigenvalue weighted by molar-refractivity contribution is 0.0159. The van der Waals surface area contributed by atoms with Gasteiger partial charge in [-0.3, -0.25) is 0 Å². The summed E-state index contributed by atoms with van der Waals surface area (Å²) < 4.78 is 5.45. The van der Waals surface area contributed by atoms with Gasteiger partial charge in [0.05, 0.1) is 11.6 Å². The minimum atomic E-state index is -0.477. The van der Waals surface area contributed by atoms with E-state index in [9.17, 15) is 4.79 Å². The van der Waals surface area contributed by atoms with Gasteiger partial charge in [-0.25, -0.2) is 4.79 Å². The Morgan fingerprint density at radius 2 is 2.09 bits per heavy atom. The Morgan fingerprint density at radius 3 is 2.68 bits per heavy atom. The Hall–Kier alpha value is -2.22. The molecule has 1 heterocycles. The van der Waals surface area contributed by atoms with Gasteiger partial charge in [0.1, 0.15) is 5.60 Å². The van der Waals surface area contributed by atoms with Crippen LogP contribution in [-0.2, 0) is 4.74 Å². The summed E-state index contributed by atoms with van der Waals surface area (Å²) in [6.07, 6.45) is -0.259. The van der Waals surface area contributed by atoms with Crippen LogP contribution in [0.4, 0.5) is 10.5 Å². The first-order valence-electron chi connectivity index (χ1n) is 7.55. The van der Waals surface area contributed by atoms with Crippen molar-refractivity contribution in [2.75, 3.05) is 24.5 Å². The van der Waals surface area contributed by atoms with E-state index in [1.54, 1.807) is 11.0 Å². The molecule has 0 spiro atoms. The summed E-state index contributed by atoms with van der Waals surface area (Å²) in [7, 11) is 0. The fraction of sp³-hybridized carbons (Fsp3) is 0.529. The third-order valence-corrected chi connectivity index (χ3v) is 3.60. The van der Waals surface area contributed by atoms with Crippen LogP contribution in [0.3, 0.4) is 0 Å². The number of piperazine rings is 1. The number of hydrogen-bond acceptors (Lipinski definition) is 4. The average Bonchev–Trinajstić information content (AvgIpc) is 2.45. The molecular formula is C17H23N3O2. The number of amides is 1. The average molecular weight is 301 g/mol. The zero-order valence-corrected chi connectivity index (χ0v) is 13.7. The SMILES string of the molecule is C[C@H]1CN(c2cccc(C#N)c2)CCN1C(=O)OC(C)(C)C. The molecule has 5 heteroatoms. The topological polar surface area (TPSA) is 56.6 Å². The van der Waals surface area contributed by atoms with E-state index in [0.29, 0.717) is 12.1 Å². The number of nitrogens with zero attached hydrogens (tertiary/aromatic N) is 3. The van der Waals surface area contributed by atoms with Crippen molar-refractivity contribution in [2.24, 2.45) is 0 Å². The number of rotatable bonds is 1. The van der Waals surface area contributed by atoms with Crippen LogP contribution < -0.4 is 4.90 Å². The molecule has 22 heavy (non-hydrogen) atoms. The zero-order valence-electron chi connectivity index (χ0n) is 13.7. The Morgan fingerprint density at radius 1 is 1.36 bits per heavy atom. The maximum atomic E-state index is 12.2. The van der Waals surface area contributed by atoms with Crippen molar-refractivity contribution in [1.82, 2.24) is 4.90 Å². The number of ether oxygens (including phenoxy) is 1. The quantitative estimate of drug-likeness (QED) is 0.800. The zero-order chi connectivity index (χ0) is 16.3. The second kappa shape index (κ2) is 6.27. The van der Waals surface area contributed by atoms with E-state index in [1.807, 2.05) is 45.9 Å². The monoisotopic (exact) mass is 301 g/mol. The lowest BCUT2D eigenvalue weighted by atomic mass is 10.1. The maximum Gasteiger partial charge on any atom is 0.410 e. The van der Waals surface area contributed by atoms with Crippen LogP contribution in [0, 0.1) is 11.3 Å². The first-order chi connectivity index (χ1) is 10.3. The predicted molar refractivity (Wildman–Crippen MR) is 85.8 cm³/mol. The molecule has 0 aliphatic carbocycles. The number of carbonyl (C=O) groups is 1. The third kappa shape index (κ3) is 3.91. The molecule has 1 fully saturated rings. The van der Waals surface area contributed by atoms with Gasteiger partial charge in [0, 0.05) is 31.4 Å². The lowest BCUT2D eigenvalue weighted by Gasteiger charge is -2.41. The Kier molecular flexibility index (Phi) is 4.60. The first kappa shape index (κ1) is 16.2.